The van der Waals surface area contributed by atoms with Gasteiger partial charge in [0, 0.05) is 19.6 Å². The molecule has 0 aliphatic carbocycles. The summed E-state index contributed by atoms with van der Waals surface area (Å²) in [4.78, 5) is 9.05. The molecular formula is C15H22F10O5PS+. The van der Waals surface area contributed by atoms with Gasteiger partial charge in [0.1, 0.15) is 0 Å². The zero-order valence-corrected chi connectivity index (χ0v) is 18.8. The van der Waals surface area contributed by atoms with Gasteiger partial charge in [0.2, 0.25) is 0 Å². The fourth-order valence-corrected chi connectivity index (χ4v) is 2.49. The second-order valence-corrected chi connectivity index (χ2v) is 10.2. The highest BCUT2D eigenvalue weighted by atomic mass is 32.2. The Morgan fingerprint density at radius 3 is 1.84 bits per heavy atom. The molecule has 0 aromatic heterocycles. The molecule has 0 saturated heterocycles. The first kappa shape index (κ1) is 31.6. The minimum absolute atomic E-state index is 0.0756. The van der Waals surface area contributed by atoms with Crippen LogP contribution in [-0.4, -0.2) is 64.6 Å². The molecule has 0 fully saturated rings. The molecule has 0 saturated carbocycles. The van der Waals surface area contributed by atoms with E-state index in [2.05, 4.69) is 4.74 Å². The topological polar surface area (TPSA) is 65.0 Å². The van der Waals surface area contributed by atoms with Crippen molar-refractivity contribution in [3.63, 3.8) is 0 Å². The van der Waals surface area contributed by atoms with Gasteiger partial charge in [0.05, 0.1) is 18.8 Å². The largest absolute Gasteiger partial charge is 0.540 e. The Kier molecular flexibility index (Phi) is 10.8. The zero-order valence-electron chi connectivity index (χ0n) is 17.1. The zero-order chi connectivity index (χ0) is 25.8. The minimum atomic E-state index is -6.90. The molecule has 0 bridgehead atoms. The fourth-order valence-electron chi connectivity index (χ4n) is 1.67. The van der Waals surface area contributed by atoms with Crippen LogP contribution < -0.4 is 0 Å². The highest BCUT2D eigenvalue weighted by molar-refractivity contribution is 8.00. The van der Waals surface area contributed by atoms with Crippen LogP contribution in [0.5, 0.6) is 0 Å². The first-order chi connectivity index (χ1) is 14.0. The summed E-state index contributed by atoms with van der Waals surface area (Å²) in [6.45, 7) is 5.04. The predicted molar refractivity (Wildman–Crippen MR) is 93.8 cm³/mol. The number of ether oxygens (including phenoxy) is 3. The number of rotatable bonds is 14. The Morgan fingerprint density at radius 1 is 0.906 bits per heavy atom. The Balaban J connectivity index is 4.67. The average Bonchev–Trinajstić information content (AvgIpc) is 2.56. The molecule has 17 heteroatoms. The maximum atomic E-state index is 13.5. The van der Waals surface area contributed by atoms with Gasteiger partial charge in [-0.15, -0.1) is 0 Å². The van der Waals surface area contributed by atoms with Gasteiger partial charge in [-0.25, -0.2) is 4.39 Å². The lowest BCUT2D eigenvalue weighted by molar-refractivity contribution is -0.446. The van der Waals surface area contributed by atoms with Crippen LogP contribution in [0.15, 0.2) is 0 Å². The van der Waals surface area contributed by atoms with Crippen LogP contribution in [0.1, 0.15) is 34.1 Å². The number of thioether (sulfide) groups is 1. The lowest BCUT2D eigenvalue weighted by Gasteiger charge is -2.30. The minimum Gasteiger partial charge on any atom is -0.375 e. The van der Waals surface area contributed by atoms with E-state index < -0.39 is 72.9 Å². The van der Waals surface area contributed by atoms with Crippen molar-refractivity contribution in [2.45, 2.75) is 74.9 Å². The van der Waals surface area contributed by atoms with Crippen molar-refractivity contribution in [1.29, 1.82) is 0 Å². The summed E-state index contributed by atoms with van der Waals surface area (Å²) in [6.07, 6.45) is -17.8. The fraction of sp³-hybridized carbons (Fsp3) is 1.00. The molecule has 0 radical (unpaired) electrons. The molecule has 5 nitrogen and oxygen atoms in total. The highest BCUT2D eigenvalue weighted by Gasteiger charge is 2.76. The molecule has 0 spiro atoms. The van der Waals surface area contributed by atoms with E-state index in [9.17, 15) is 48.5 Å². The van der Waals surface area contributed by atoms with E-state index in [1.54, 1.807) is 0 Å². The van der Waals surface area contributed by atoms with E-state index in [-0.39, 0.29) is 13.0 Å². The number of hydrogen-bond donors (Lipinski definition) is 1. The van der Waals surface area contributed by atoms with Crippen LogP contribution in [0.25, 0.3) is 0 Å². The van der Waals surface area contributed by atoms with E-state index in [4.69, 9.17) is 14.4 Å². The van der Waals surface area contributed by atoms with Crippen molar-refractivity contribution < 1.29 is 67.6 Å². The Morgan fingerprint density at radius 2 is 1.41 bits per heavy atom. The second-order valence-electron chi connectivity index (χ2n) is 7.36. The maximum Gasteiger partial charge on any atom is 0.540 e. The summed E-state index contributed by atoms with van der Waals surface area (Å²) < 4.78 is 151. The van der Waals surface area contributed by atoms with Crippen LogP contribution in [-0.2, 0) is 18.8 Å². The van der Waals surface area contributed by atoms with E-state index in [0.29, 0.717) is 0 Å². The van der Waals surface area contributed by atoms with Gasteiger partial charge in [-0.3, -0.25) is 4.74 Å². The Labute approximate surface area is 182 Å². The first-order valence-corrected chi connectivity index (χ1v) is 10.8. The summed E-state index contributed by atoms with van der Waals surface area (Å²) in [6, 6.07) is 0. The van der Waals surface area contributed by atoms with Crippen LogP contribution in [0.3, 0.4) is 0 Å². The van der Waals surface area contributed by atoms with E-state index in [1.165, 1.54) is 27.7 Å². The van der Waals surface area contributed by atoms with Crippen LogP contribution in [0.4, 0.5) is 43.9 Å². The van der Waals surface area contributed by atoms with E-state index in [1.807, 2.05) is 0 Å². The normalized spacial score (nSPS) is 16.3. The third-order valence-corrected chi connectivity index (χ3v) is 5.72. The third kappa shape index (κ3) is 9.09. The molecule has 0 aromatic rings. The first-order valence-electron chi connectivity index (χ1n) is 8.59. The van der Waals surface area contributed by atoms with Gasteiger partial charge in [-0.1, -0.05) is 11.8 Å². The SMILES string of the molecule is CC(C)(CCOC(C)(C)[P+](=O)O)OCCSC(F)(F)C(F)OC(F)(F)C(F)(F)C(F)(F)F. The molecular weight excluding hydrogens is 513 g/mol. The molecule has 0 amide bonds. The number of alkyl halides is 10. The van der Waals surface area contributed by atoms with Gasteiger partial charge in [0.15, 0.2) is 0 Å². The highest BCUT2D eigenvalue weighted by Crippen LogP contribution is 2.49. The number of hydrogen-bond acceptors (Lipinski definition) is 5. The quantitative estimate of drug-likeness (QED) is 0.165. The predicted octanol–water partition coefficient (Wildman–Crippen LogP) is 6.09. The van der Waals surface area contributed by atoms with Crippen molar-refractivity contribution in [3.8, 4) is 0 Å². The molecule has 32 heavy (non-hydrogen) atoms. The molecule has 0 heterocycles. The Hall–Kier alpha value is -0.410. The Bertz CT molecular complexity index is 630. The molecule has 0 aliphatic rings. The van der Waals surface area contributed by atoms with E-state index >= 15 is 0 Å². The van der Waals surface area contributed by atoms with Crippen molar-refractivity contribution in [1.82, 2.24) is 0 Å². The monoisotopic (exact) mass is 535 g/mol. The smallest absolute Gasteiger partial charge is 0.375 e. The summed E-state index contributed by atoms with van der Waals surface area (Å²) in [5.74, 6) is -7.69. The molecule has 192 valence electrons. The molecule has 2 unspecified atom stereocenters. The lowest BCUT2D eigenvalue weighted by Crippen LogP contribution is -2.55. The third-order valence-electron chi connectivity index (χ3n) is 3.73. The number of halogens is 10. The standard InChI is InChI=1S/C15H21F10O5PS/c1-10(2,5-6-29-11(3,4)31(26)27)28-7-8-32-12(17,18)9(16)30-15(24,25)13(19,20)14(21,22)23/h9H,5-8H2,1-4H3/p+1. The van der Waals surface area contributed by atoms with Crippen molar-refractivity contribution in [2.75, 3.05) is 19.0 Å². The van der Waals surface area contributed by atoms with Crippen LogP contribution in [0, 0.1) is 0 Å². The average molecular weight is 535 g/mol. The van der Waals surface area contributed by atoms with Gasteiger partial charge >= 0.3 is 31.5 Å². The van der Waals surface area contributed by atoms with Crippen LogP contribution >= 0.6 is 19.8 Å². The van der Waals surface area contributed by atoms with Crippen molar-refractivity contribution in [3.05, 3.63) is 0 Å². The maximum absolute atomic E-state index is 13.5. The van der Waals surface area contributed by atoms with Gasteiger partial charge in [-0.05, 0) is 24.8 Å². The molecule has 0 rings (SSSR count). The van der Waals surface area contributed by atoms with Gasteiger partial charge < -0.3 is 9.47 Å². The molecule has 2 atom stereocenters. The summed E-state index contributed by atoms with van der Waals surface area (Å²) >= 11 is -0.703. The van der Waals surface area contributed by atoms with Gasteiger partial charge in [-0.2, -0.15) is 44.4 Å². The summed E-state index contributed by atoms with van der Waals surface area (Å²) in [5, 5.41) is -6.26. The van der Waals surface area contributed by atoms with Crippen molar-refractivity contribution in [2.24, 2.45) is 0 Å². The summed E-state index contributed by atoms with van der Waals surface area (Å²) in [7, 11) is -2.66. The molecule has 1 N–H and O–H groups in total. The summed E-state index contributed by atoms with van der Waals surface area (Å²) in [5.41, 5.74) is -1.04. The van der Waals surface area contributed by atoms with Crippen LogP contribution in [0.2, 0.25) is 0 Å². The second kappa shape index (κ2) is 10.9. The lowest BCUT2D eigenvalue weighted by atomic mass is 10.1. The molecule has 0 aliphatic heterocycles. The van der Waals surface area contributed by atoms with Crippen molar-refractivity contribution >= 4 is 19.8 Å². The molecule has 0 aromatic carbocycles. The van der Waals surface area contributed by atoms with Gasteiger partial charge in [0.25, 0.3) is 11.7 Å². The van der Waals surface area contributed by atoms with E-state index in [0.717, 1.165) is 0 Å².